The molecule has 1 aliphatic rings. The molecule has 0 bridgehead atoms. The van der Waals surface area contributed by atoms with E-state index in [1.165, 1.54) is 29.6 Å². The van der Waals surface area contributed by atoms with Gasteiger partial charge in [-0.2, -0.15) is 0 Å². The Hall–Kier alpha value is -2.58. The largest absolute Gasteiger partial charge is 0.369 e. The number of piperazine rings is 1. The normalized spacial score (nSPS) is 15.9. The standard InChI is InChI=1S/C20H24N4O3S/c1-15(28-19-9-7-18(8-10-19)24(26)27)20(25)21-16-3-5-17(6-4-16)23-13-11-22(2)12-14-23/h3-10,15H,11-14H2,1-2H3,(H,21,25). The van der Waals surface area contributed by atoms with Gasteiger partial charge in [-0.05, 0) is 50.4 Å². The summed E-state index contributed by atoms with van der Waals surface area (Å²) in [5.74, 6) is -0.101. The van der Waals surface area contributed by atoms with Crippen LogP contribution in [0.1, 0.15) is 6.92 Å². The Morgan fingerprint density at radius 1 is 1.07 bits per heavy atom. The smallest absolute Gasteiger partial charge is 0.269 e. The zero-order valence-corrected chi connectivity index (χ0v) is 16.8. The van der Waals surface area contributed by atoms with E-state index in [4.69, 9.17) is 0 Å². The number of nitrogens with one attached hydrogen (secondary N) is 1. The maximum Gasteiger partial charge on any atom is 0.269 e. The Balaban J connectivity index is 1.54. The monoisotopic (exact) mass is 400 g/mol. The van der Waals surface area contributed by atoms with Crippen LogP contribution in [0.25, 0.3) is 0 Å². The topological polar surface area (TPSA) is 78.7 Å². The molecule has 0 saturated carbocycles. The number of hydrogen-bond donors (Lipinski definition) is 1. The van der Waals surface area contributed by atoms with Crippen molar-refractivity contribution in [1.82, 2.24) is 4.90 Å². The van der Waals surface area contributed by atoms with Gasteiger partial charge in [0.25, 0.3) is 5.69 Å². The van der Waals surface area contributed by atoms with Gasteiger partial charge in [-0.3, -0.25) is 14.9 Å². The van der Waals surface area contributed by atoms with Gasteiger partial charge in [0.15, 0.2) is 0 Å². The molecule has 8 heteroatoms. The van der Waals surface area contributed by atoms with Gasteiger partial charge in [0.05, 0.1) is 10.2 Å². The van der Waals surface area contributed by atoms with Crippen molar-refractivity contribution in [3.63, 3.8) is 0 Å². The van der Waals surface area contributed by atoms with Gasteiger partial charge in [-0.15, -0.1) is 11.8 Å². The molecule has 3 rings (SSSR count). The fraction of sp³-hybridized carbons (Fsp3) is 0.350. The molecule has 1 saturated heterocycles. The van der Waals surface area contributed by atoms with E-state index >= 15 is 0 Å². The molecule has 1 aliphatic heterocycles. The minimum atomic E-state index is -0.434. The van der Waals surface area contributed by atoms with Crippen LogP contribution in [-0.2, 0) is 4.79 Å². The van der Waals surface area contributed by atoms with E-state index < -0.39 is 4.92 Å². The van der Waals surface area contributed by atoms with E-state index in [-0.39, 0.29) is 16.8 Å². The second-order valence-corrected chi connectivity index (χ2v) is 8.25. The summed E-state index contributed by atoms with van der Waals surface area (Å²) in [6.45, 7) is 5.93. The quantitative estimate of drug-likeness (QED) is 0.454. The van der Waals surface area contributed by atoms with E-state index in [0.717, 1.165) is 36.8 Å². The lowest BCUT2D eigenvalue weighted by molar-refractivity contribution is -0.384. The van der Waals surface area contributed by atoms with Gasteiger partial charge in [0.1, 0.15) is 0 Å². The number of rotatable bonds is 6. The first kappa shape index (κ1) is 20.2. The lowest BCUT2D eigenvalue weighted by Gasteiger charge is -2.34. The first-order chi connectivity index (χ1) is 13.4. The van der Waals surface area contributed by atoms with Crippen LogP contribution in [0, 0.1) is 10.1 Å². The number of non-ortho nitro benzene ring substituents is 1. The molecule has 0 radical (unpaired) electrons. The van der Waals surface area contributed by atoms with Gasteiger partial charge >= 0.3 is 0 Å². The molecule has 1 heterocycles. The third-order valence-electron chi connectivity index (χ3n) is 4.73. The molecule has 1 amide bonds. The average Bonchev–Trinajstić information content (AvgIpc) is 2.69. The van der Waals surface area contributed by atoms with Crippen LogP contribution >= 0.6 is 11.8 Å². The highest BCUT2D eigenvalue weighted by atomic mass is 32.2. The predicted octanol–water partition coefficient (Wildman–Crippen LogP) is 3.47. The van der Waals surface area contributed by atoms with E-state index in [1.54, 1.807) is 12.1 Å². The van der Waals surface area contributed by atoms with Crippen LogP contribution in [0.15, 0.2) is 53.4 Å². The number of carbonyl (C=O) groups is 1. The van der Waals surface area contributed by atoms with Gasteiger partial charge in [0.2, 0.25) is 5.91 Å². The maximum atomic E-state index is 12.5. The fourth-order valence-corrected chi connectivity index (χ4v) is 3.84. The molecule has 28 heavy (non-hydrogen) atoms. The highest BCUT2D eigenvalue weighted by molar-refractivity contribution is 8.00. The molecule has 0 aromatic heterocycles. The van der Waals surface area contributed by atoms with Crippen molar-refractivity contribution < 1.29 is 9.72 Å². The Morgan fingerprint density at radius 3 is 2.25 bits per heavy atom. The Kier molecular flexibility index (Phi) is 6.53. The van der Waals surface area contributed by atoms with E-state index in [1.807, 2.05) is 31.2 Å². The molecule has 1 fully saturated rings. The second kappa shape index (κ2) is 9.07. The molecule has 1 atom stereocenters. The first-order valence-corrected chi connectivity index (χ1v) is 10.1. The third-order valence-corrected chi connectivity index (χ3v) is 5.84. The average molecular weight is 401 g/mol. The van der Waals surface area contributed by atoms with Crippen molar-refractivity contribution in [3.05, 3.63) is 58.6 Å². The Bertz CT molecular complexity index is 818. The van der Waals surface area contributed by atoms with Gasteiger partial charge in [-0.1, -0.05) is 0 Å². The number of thioether (sulfide) groups is 1. The number of hydrogen-bond acceptors (Lipinski definition) is 6. The van der Waals surface area contributed by atoms with Crippen molar-refractivity contribution in [1.29, 1.82) is 0 Å². The van der Waals surface area contributed by atoms with Crippen molar-refractivity contribution in [2.24, 2.45) is 0 Å². The van der Waals surface area contributed by atoms with Crippen LogP contribution in [0.5, 0.6) is 0 Å². The van der Waals surface area contributed by atoms with Gasteiger partial charge in [-0.25, -0.2) is 0 Å². The SMILES string of the molecule is CC(Sc1ccc([N+](=O)[O-])cc1)C(=O)Nc1ccc(N2CCN(C)CC2)cc1. The molecule has 148 valence electrons. The second-order valence-electron chi connectivity index (χ2n) is 6.84. The van der Waals surface area contributed by atoms with E-state index in [2.05, 4.69) is 22.2 Å². The molecule has 0 spiro atoms. The minimum absolute atomic E-state index is 0.0434. The van der Waals surface area contributed by atoms with E-state index in [9.17, 15) is 14.9 Å². The maximum absolute atomic E-state index is 12.5. The molecule has 7 nitrogen and oxygen atoms in total. The highest BCUT2D eigenvalue weighted by Gasteiger charge is 2.17. The van der Waals surface area contributed by atoms with Crippen LogP contribution in [-0.4, -0.2) is 54.2 Å². The van der Waals surface area contributed by atoms with Crippen LogP contribution < -0.4 is 10.2 Å². The summed E-state index contributed by atoms with van der Waals surface area (Å²) in [6.07, 6.45) is 0. The minimum Gasteiger partial charge on any atom is -0.369 e. The van der Waals surface area contributed by atoms with E-state index in [0.29, 0.717) is 0 Å². The number of nitro groups is 1. The molecule has 2 aromatic rings. The molecule has 1 unspecified atom stereocenters. The summed E-state index contributed by atoms with van der Waals surface area (Å²) in [5, 5.41) is 13.3. The third kappa shape index (κ3) is 5.24. The molecular formula is C20H24N4O3S. The summed E-state index contributed by atoms with van der Waals surface area (Å²) in [4.78, 5) is 28.2. The Morgan fingerprint density at radius 2 is 1.68 bits per heavy atom. The number of anilines is 2. The number of amides is 1. The zero-order chi connectivity index (χ0) is 20.1. The number of carbonyl (C=O) groups excluding carboxylic acids is 1. The molecular weight excluding hydrogens is 376 g/mol. The van der Waals surface area contributed by atoms with Crippen molar-refractivity contribution in [2.75, 3.05) is 43.4 Å². The summed E-state index contributed by atoms with van der Waals surface area (Å²) in [5.41, 5.74) is 1.97. The summed E-state index contributed by atoms with van der Waals surface area (Å²) >= 11 is 1.37. The summed E-state index contributed by atoms with van der Waals surface area (Å²) < 4.78 is 0. The van der Waals surface area contributed by atoms with Crippen LogP contribution in [0.3, 0.4) is 0 Å². The van der Waals surface area contributed by atoms with Crippen LogP contribution in [0.2, 0.25) is 0 Å². The van der Waals surface area contributed by atoms with Crippen molar-refractivity contribution >= 4 is 34.7 Å². The summed E-state index contributed by atoms with van der Waals surface area (Å²) in [6, 6.07) is 14.1. The summed E-state index contributed by atoms with van der Waals surface area (Å²) in [7, 11) is 2.13. The molecule has 2 aromatic carbocycles. The molecule has 0 aliphatic carbocycles. The first-order valence-electron chi connectivity index (χ1n) is 9.18. The van der Waals surface area contributed by atoms with Gasteiger partial charge in [0, 0.05) is 54.6 Å². The number of benzene rings is 2. The number of likely N-dealkylation sites (N-methyl/N-ethyl adjacent to an activating group) is 1. The predicted molar refractivity (Wildman–Crippen MR) is 113 cm³/mol. The Labute approximate surface area is 168 Å². The number of nitrogens with zero attached hydrogens (tertiary/aromatic N) is 3. The lowest BCUT2D eigenvalue weighted by Crippen LogP contribution is -2.44. The number of nitro benzene ring substituents is 1. The highest BCUT2D eigenvalue weighted by Crippen LogP contribution is 2.26. The van der Waals surface area contributed by atoms with Crippen molar-refractivity contribution in [2.45, 2.75) is 17.1 Å². The zero-order valence-electron chi connectivity index (χ0n) is 16.0. The van der Waals surface area contributed by atoms with Crippen molar-refractivity contribution in [3.8, 4) is 0 Å². The van der Waals surface area contributed by atoms with Gasteiger partial charge < -0.3 is 15.1 Å². The fourth-order valence-electron chi connectivity index (χ4n) is 2.97. The molecule has 1 N–H and O–H groups in total. The lowest BCUT2D eigenvalue weighted by atomic mass is 10.2. The van der Waals surface area contributed by atoms with Crippen LogP contribution in [0.4, 0.5) is 17.1 Å².